The van der Waals surface area contributed by atoms with Crippen molar-refractivity contribution in [2.45, 2.75) is 51.1 Å². The van der Waals surface area contributed by atoms with Gasteiger partial charge in [-0.25, -0.2) is 0 Å². The average Bonchev–Trinajstić information content (AvgIpc) is 2.86. The number of hydrogen-bond acceptors (Lipinski definition) is 6. The van der Waals surface area contributed by atoms with Crippen LogP contribution in [0.1, 0.15) is 60.5 Å². The summed E-state index contributed by atoms with van der Waals surface area (Å²) in [7, 11) is -1.22. The maximum absolute atomic E-state index is 8.74. The summed E-state index contributed by atoms with van der Waals surface area (Å²) >= 11 is 0. The van der Waals surface area contributed by atoms with Crippen LogP contribution in [0.3, 0.4) is 0 Å². The maximum Gasteiger partial charge on any atom is 0.394 e. The van der Waals surface area contributed by atoms with Crippen LogP contribution in [0.5, 0.6) is 11.5 Å². The molecule has 3 aliphatic heterocycles. The van der Waals surface area contributed by atoms with E-state index in [1.165, 1.54) is 24.1 Å². The summed E-state index contributed by atoms with van der Waals surface area (Å²) in [6.45, 7) is 5.64. The van der Waals surface area contributed by atoms with Crippen molar-refractivity contribution in [3.8, 4) is 11.5 Å². The Labute approximate surface area is 213 Å². The number of nitrogens with zero attached hydrogens (tertiary/aromatic N) is 1. The molecule has 2 unspecified atom stereocenters. The molecule has 0 amide bonds. The van der Waals surface area contributed by atoms with Gasteiger partial charge in [-0.2, -0.15) is 8.42 Å². The van der Waals surface area contributed by atoms with Gasteiger partial charge in [-0.3, -0.25) is 14.0 Å². The van der Waals surface area contributed by atoms with Gasteiger partial charge in [-0.05, 0) is 73.0 Å². The zero-order valence-corrected chi connectivity index (χ0v) is 22.0. The van der Waals surface area contributed by atoms with Crippen LogP contribution in [0.4, 0.5) is 0 Å². The van der Waals surface area contributed by atoms with Gasteiger partial charge in [0.25, 0.3) is 0 Å². The summed E-state index contributed by atoms with van der Waals surface area (Å²) in [6, 6.07) is 14.3. The van der Waals surface area contributed by atoms with Crippen molar-refractivity contribution < 1.29 is 27.0 Å². The second kappa shape index (κ2) is 11.3. The minimum atomic E-state index is -4.67. The number of nitrogens with one attached hydrogen (secondary N) is 1. The molecule has 3 aliphatic rings. The van der Waals surface area contributed by atoms with Crippen LogP contribution < -0.4 is 14.8 Å². The number of benzene rings is 2. The second-order valence-electron chi connectivity index (χ2n) is 9.51. The third kappa shape index (κ3) is 6.10. The summed E-state index contributed by atoms with van der Waals surface area (Å²) in [4.78, 5) is 2.71. The zero-order valence-electron chi connectivity index (χ0n) is 21.2. The SMILES string of the molecule is CCC1=C(CC2NCCc3cc(OC)c(OC)cc32)CC2c3ccccc3CCN2C1.O=S(=O)(O)O. The van der Waals surface area contributed by atoms with E-state index < -0.39 is 10.4 Å². The van der Waals surface area contributed by atoms with Crippen molar-refractivity contribution in [3.63, 3.8) is 0 Å². The van der Waals surface area contributed by atoms with Crippen LogP contribution in [-0.4, -0.2) is 56.3 Å². The molecule has 0 fully saturated rings. The highest BCUT2D eigenvalue weighted by atomic mass is 32.3. The first-order valence-corrected chi connectivity index (χ1v) is 13.8. The predicted molar refractivity (Wildman–Crippen MR) is 139 cm³/mol. The Bertz CT molecular complexity index is 1220. The van der Waals surface area contributed by atoms with Gasteiger partial charge < -0.3 is 14.8 Å². The minimum absolute atomic E-state index is 0.338. The molecule has 2 aromatic rings. The first-order valence-electron chi connectivity index (χ1n) is 12.4. The van der Waals surface area contributed by atoms with Crippen molar-refractivity contribution in [1.82, 2.24) is 10.2 Å². The van der Waals surface area contributed by atoms with Gasteiger partial charge in [-0.1, -0.05) is 42.3 Å². The number of ether oxygens (including phenoxy) is 2. The van der Waals surface area contributed by atoms with E-state index in [4.69, 9.17) is 27.0 Å². The van der Waals surface area contributed by atoms with E-state index in [1.807, 2.05) is 0 Å². The van der Waals surface area contributed by atoms with Crippen LogP contribution in [0, 0.1) is 0 Å². The Hall–Kier alpha value is -2.43. The Morgan fingerprint density at radius 3 is 2.39 bits per heavy atom. The Morgan fingerprint density at radius 2 is 1.69 bits per heavy atom. The Morgan fingerprint density at radius 1 is 1.00 bits per heavy atom. The maximum atomic E-state index is 8.74. The lowest BCUT2D eigenvalue weighted by atomic mass is 9.80. The lowest BCUT2D eigenvalue weighted by Crippen LogP contribution is -2.40. The van der Waals surface area contributed by atoms with Gasteiger partial charge in [0, 0.05) is 25.2 Å². The zero-order chi connectivity index (χ0) is 25.9. The highest BCUT2D eigenvalue weighted by Crippen LogP contribution is 2.43. The molecular weight excluding hydrogens is 480 g/mol. The average molecular weight is 517 g/mol. The number of hydrogen-bond donors (Lipinski definition) is 3. The van der Waals surface area contributed by atoms with Crippen LogP contribution >= 0.6 is 0 Å². The van der Waals surface area contributed by atoms with E-state index in [9.17, 15) is 0 Å². The minimum Gasteiger partial charge on any atom is -0.493 e. The molecule has 8 nitrogen and oxygen atoms in total. The number of fused-ring (bicyclic) bond motifs is 4. The molecule has 0 saturated carbocycles. The van der Waals surface area contributed by atoms with Gasteiger partial charge in [0.05, 0.1) is 14.2 Å². The molecule has 9 heteroatoms. The standard InChI is InChI=1S/C27H34N2O2.H2O4S/c1-4-18-17-29-12-10-19-7-5-6-8-22(19)25(29)14-21(18)13-24-23-16-27(31-3)26(30-2)15-20(23)9-11-28-24;1-5(2,3)4/h5-8,15-16,24-25,28H,4,9-14,17H2,1-3H3;(H2,1,2,3,4). The number of methoxy groups -OCH3 is 2. The fourth-order valence-corrected chi connectivity index (χ4v) is 5.85. The smallest absolute Gasteiger partial charge is 0.394 e. The van der Waals surface area contributed by atoms with Gasteiger partial charge in [-0.15, -0.1) is 0 Å². The van der Waals surface area contributed by atoms with Crippen LogP contribution in [0.15, 0.2) is 47.5 Å². The second-order valence-corrected chi connectivity index (χ2v) is 10.4. The first kappa shape index (κ1) is 26.6. The molecule has 0 saturated heterocycles. The Kier molecular flexibility index (Phi) is 8.37. The third-order valence-electron chi connectivity index (χ3n) is 7.54. The van der Waals surface area contributed by atoms with Gasteiger partial charge in [0.2, 0.25) is 0 Å². The molecule has 196 valence electrons. The van der Waals surface area contributed by atoms with Gasteiger partial charge >= 0.3 is 10.4 Å². The molecule has 0 aliphatic carbocycles. The predicted octanol–water partition coefficient (Wildman–Crippen LogP) is 4.34. The molecule has 0 aromatic heterocycles. The van der Waals surface area contributed by atoms with Crippen molar-refractivity contribution >= 4 is 10.4 Å². The van der Waals surface area contributed by atoms with Crippen molar-refractivity contribution in [2.75, 3.05) is 33.9 Å². The van der Waals surface area contributed by atoms with E-state index in [2.05, 4.69) is 53.5 Å². The lowest BCUT2D eigenvalue weighted by Gasteiger charge is -2.43. The summed E-state index contributed by atoms with van der Waals surface area (Å²) in [6.07, 6.45) is 5.60. The van der Waals surface area contributed by atoms with E-state index >= 15 is 0 Å². The summed E-state index contributed by atoms with van der Waals surface area (Å²) in [5, 5.41) is 3.80. The molecule has 0 bridgehead atoms. The Balaban J connectivity index is 0.000000556. The molecule has 3 N–H and O–H groups in total. The first-order chi connectivity index (χ1) is 17.2. The summed E-state index contributed by atoms with van der Waals surface area (Å²) < 4.78 is 42.8. The molecule has 3 heterocycles. The quantitative estimate of drug-likeness (QED) is 0.398. The van der Waals surface area contributed by atoms with Crippen molar-refractivity contribution in [3.05, 3.63) is 69.8 Å². The number of rotatable bonds is 5. The largest absolute Gasteiger partial charge is 0.493 e. The third-order valence-corrected chi connectivity index (χ3v) is 7.54. The normalized spacial score (nSPS) is 21.5. The van der Waals surface area contributed by atoms with Crippen LogP contribution in [0.2, 0.25) is 0 Å². The van der Waals surface area contributed by atoms with E-state index in [0.717, 1.165) is 50.3 Å². The van der Waals surface area contributed by atoms with E-state index in [0.29, 0.717) is 12.1 Å². The monoisotopic (exact) mass is 516 g/mol. The van der Waals surface area contributed by atoms with E-state index in [-0.39, 0.29) is 0 Å². The molecule has 36 heavy (non-hydrogen) atoms. The molecule has 0 spiro atoms. The fourth-order valence-electron chi connectivity index (χ4n) is 5.85. The molecule has 5 rings (SSSR count). The van der Waals surface area contributed by atoms with Crippen LogP contribution in [0.25, 0.3) is 0 Å². The molecule has 2 aromatic carbocycles. The van der Waals surface area contributed by atoms with E-state index in [1.54, 1.807) is 36.5 Å². The fraction of sp³-hybridized carbons (Fsp3) is 0.481. The summed E-state index contributed by atoms with van der Waals surface area (Å²) in [5.74, 6) is 1.66. The van der Waals surface area contributed by atoms with Crippen LogP contribution in [-0.2, 0) is 23.2 Å². The van der Waals surface area contributed by atoms with Gasteiger partial charge in [0.1, 0.15) is 0 Å². The topological polar surface area (TPSA) is 108 Å². The van der Waals surface area contributed by atoms with Crippen molar-refractivity contribution in [2.24, 2.45) is 0 Å². The van der Waals surface area contributed by atoms with Crippen molar-refractivity contribution in [1.29, 1.82) is 0 Å². The van der Waals surface area contributed by atoms with Gasteiger partial charge in [0.15, 0.2) is 11.5 Å². The highest BCUT2D eigenvalue weighted by Gasteiger charge is 2.34. The molecule has 2 atom stereocenters. The lowest BCUT2D eigenvalue weighted by molar-refractivity contribution is 0.182. The molecule has 0 radical (unpaired) electrons. The molecular formula is C27H36N2O6S. The highest BCUT2D eigenvalue weighted by molar-refractivity contribution is 7.79. The summed E-state index contributed by atoms with van der Waals surface area (Å²) in [5.41, 5.74) is 9.15.